The Labute approximate surface area is 114 Å². The van der Waals surface area contributed by atoms with Gasteiger partial charge in [-0.05, 0) is 55.7 Å². The molecule has 0 unspecified atom stereocenters. The van der Waals surface area contributed by atoms with Crippen molar-refractivity contribution in [3.8, 4) is 11.3 Å². The fourth-order valence-electron chi connectivity index (χ4n) is 1.66. The third kappa shape index (κ3) is 3.08. The number of halogens is 1. The highest BCUT2D eigenvalue weighted by Gasteiger charge is 2.25. The van der Waals surface area contributed by atoms with Gasteiger partial charge in [-0.25, -0.2) is 9.18 Å². The van der Waals surface area contributed by atoms with E-state index in [4.69, 9.17) is 5.11 Å². The number of aromatic nitrogens is 1. The van der Waals surface area contributed by atoms with E-state index in [0.717, 1.165) is 10.4 Å². The lowest BCUT2D eigenvalue weighted by atomic mass is 10.0. The zero-order chi connectivity index (χ0) is 14.0. The molecule has 1 amide bonds. The van der Waals surface area contributed by atoms with Crippen LogP contribution in [0.15, 0.2) is 30.3 Å². The molecule has 100 valence electrons. The van der Waals surface area contributed by atoms with E-state index >= 15 is 0 Å². The van der Waals surface area contributed by atoms with Crippen LogP contribution in [-0.4, -0.2) is 15.6 Å². The third-order valence-electron chi connectivity index (χ3n) is 2.69. The van der Waals surface area contributed by atoms with E-state index in [1.807, 2.05) is 6.07 Å². The molecule has 0 aliphatic carbocycles. The van der Waals surface area contributed by atoms with Crippen LogP contribution >= 0.6 is 11.5 Å². The molecular weight excluding hydrogens is 267 g/mol. The summed E-state index contributed by atoms with van der Waals surface area (Å²) < 4.78 is 17.1. The highest BCUT2D eigenvalue weighted by Crippen LogP contribution is 2.29. The third-order valence-corrected chi connectivity index (χ3v) is 3.80. The Balaban J connectivity index is 2.28. The maximum absolute atomic E-state index is 12.8. The van der Waals surface area contributed by atoms with Crippen molar-refractivity contribution in [3.05, 3.63) is 41.0 Å². The van der Waals surface area contributed by atoms with E-state index in [1.165, 1.54) is 23.7 Å². The van der Waals surface area contributed by atoms with Crippen LogP contribution in [0.5, 0.6) is 0 Å². The van der Waals surface area contributed by atoms with Crippen LogP contribution in [0.4, 0.5) is 9.18 Å². The van der Waals surface area contributed by atoms with Gasteiger partial charge in [-0.1, -0.05) is 0 Å². The normalized spacial score (nSPS) is 11.3. The first-order valence-corrected chi connectivity index (χ1v) is 6.40. The summed E-state index contributed by atoms with van der Waals surface area (Å²) in [6.07, 6.45) is -1.08. The Morgan fingerprint density at radius 2 is 2.00 bits per heavy atom. The van der Waals surface area contributed by atoms with E-state index in [1.54, 1.807) is 26.0 Å². The molecule has 0 saturated carbocycles. The summed E-state index contributed by atoms with van der Waals surface area (Å²) in [7, 11) is 0. The number of hydrogen-bond donors (Lipinski definition) is 2. The van der Waals surface area contributed by atoms with E-state index in [2.05, 4.69) is 9.69 Å². The van der Waals surface area contributed by atoms with Crippen molar-refractivity contribution in [3.63, 3.8) is 0 Å². The standard InChI is InChI=1S/C13H13FN2O2S/c1-13(2,15-12(17)18)11-7-10(16-19-11)8-3-5-9(14)6-4-8/h3-7,15H,1-2H3,(H,17,18). The van der Waals surface area contributed by atoms with E-state index < -0.39 is 11.6 Å². The molecule has 2 N–H and O–H groups in total. The van der Waals surface area contributed by atoms with Crippen LogP contribution in [0.2, 0.25) is 0 Å². The molecule has 1 heterocycles. The summed E-state index contributed by atoms with van der Waals surface area (Å²) in [5.41, 5.74) is 0.803. The van der Waals surface area contributed by atoms with Gasteiger partial charge in [0, 0.05) is 5.56 Å². The summed E-state index contributed by atoms with van der Waals surface area (Å²) in [5, 5.41) is 11.2. The summed E-state index contributed by atoms with van der Waals surface area (Å²) in [5.74, 6) is -0.299. The molecule has 2 aromatic rings. The first kappa shape index (κ1) is 13.5. The Morgan fingerprint density at radius 1 is 1.37 bits per heavy atom. The van der Waals surface area contributed by atoms with Gasteiger partial charge in [-0.2, -0.15) is 4.37 Å². The lowest BCUT2D eigenvalue weighted by Gasteiger charge is -2.22. The van der Waals surface area contributed by atoms with Gasteiger partial charge in [0.05, 0.1) is 16.1 Å². The molecule has 0 aliphatic heterocycles. The van der Waals surface area contributed by atoms with Crippen molar-refractivity contribution >= 4 is 17.6 Å². The van der Waals surface area contributed by atoms with E-state index in [-0.39, 0.29) is 5.82 Å². The molecule has 1 aromatic heterocycles. The largest absolute Gasteiger partial charge is 0.465 e. The number of amides is 1. The minimum atomic E-state index is -1.08. The van der Waals surface area contributed by atoms with Gasteiger partial charge in [-0.15, -0.1) is 0 Å². The lowest BCUT2D eigenvalue weighted by molar-refractivity contribution is 0.183. The summed E-state index contributed by atoms with van der Waals surface area (Å²) in [6, 6.07) is 7.84. The van der Waals surface area contributed by atoms with Crippen molar-refractivity contribution < 1.29 is 14.3 Å². The maximum atomic E-state index is 12.8. The second kappa shape index (κ2) is 4.97. The van der Waals surface area contributed by atoms with Gasteiger partial charge in [-0.3, -0.25) is 0 Å². The van der Waals surface area contributed by atoms with Crippen molar-refractivity contribution in [2.45, 2.75) is 19.4 Å². The minimum Gasteiger partial charge on any atom is -0.465 e. The SMILES string of the molecule is CC(C)(NC(=O)O)c1cc(-c2ccc(F)cc2)ns1. The quantitative estimate of drug-likeness (QED) is 0.905. The Hall–Kier alpha value is -1.95. The van der Waals surface area contributed by atoms with Crippen LogP contribution in [0.1, 0.15) is 18.7 Å². The summed E-state index contributed by atoms with van der Waals surface area (Å²) in [6.45, 7) is 3.53. The molecule has 0 bridgehead atoms. The molecule has 0 saturated heterocycles. The smallest absolute Gasteiger partial charge is 0.405 e. The molecule has 0 fully saturated rings. The van der Waals surface area contributed by atoms with Crippen LogP contribution < -0.4 is 5.32 Å². The fourth-order valence-corrected chi connectivity index (χ4v) is 2.45. The number of rotatable bonds is 3. The molecule has 19 heavy (non-hydrogen) atoms. The van der Waals surface area contributed by atoms with Crippen molar-refractivity contribution in [1.29, 1.82) is 0 Å². The predicted molar refractivity (Wildman–Crippen MR) is 71.7 cm³/mol. The predicted octanol–water partition coefficient (Wildman–Crippen LogP) is 3.45. The Kier molecular flexibility index (Phi) is 3.53. The molecule has 2 rings (SSSR count). The van der Waals surface area contributed by atoms with Crippen LogP contribution in [0.3, 0.4) is 0 Å². The number of hydrogen-bond acceptors (Lipinski definition) is 3. The van der Waals surface area contributed by atoms with Gasteiger partial charge >= 0.3 is 6.09 Å². The molecule has 6 heteroatoms. The first-order valence-electron chi connectivity index (χ1n) is 5.63. The van der Waals surface area contributed by atoms with Gasteiger partial charge in [0.15, 0.2) is 0 Å². The average molecular weight is 280 g/mol. The van der Waals surface area contributed by atoms with E-state index in [0.29, 0.717) is 5.69 Å². The number of carbonyl (C=O) groups is 1. The topological polar surface area (TPSA) is 62.2 Å². The summed E-state index contributed by atoms with van der Waals surface area (Å²) in [4.78, 5) is 11.5. The second-order valence-electron chi connectivity index (χ2n) is 4.64. The average Bonchev–Trinajstić information content (AvgIpc) is 2.78. The molecule has 0 radical (unpaired) electrons. The van der Waals surface area contributed by atoms with Crippen LogP contribution in [-0.2, 0) is 5.54 Å². The molecule has 0 atom stereocenters. The highest BCUT2D eigenvalue weighted by atomic mass is 32.1. The van der Waals surface area contributed by atoms with Crippen LogP contribution in [0, 0.1) is 5.82 Å². The monoisotopic (exact) mass is 280 g/mol. The zero-order valence-electron chi connectivity index (χ0n) is 10.5. The Bertz CT molecular complexity index is 593. The van der Waals surface area contributed by atoms with Gasteiger partial charge in [0.1, 0.15) is 5.82 Å². The van der Waals surface area contributed by atoms with E-state index in [9.17, 15) is 9.18 Å². The number of benzene rings is 1. The van der Waals surface area contributed by atoms with Crippen LogP contribution in [0.25, 0.3) is 11.3 Å². The summed E-state index contributed by atoms with van der Waals surface area (Å²) >= 11 is 1.23. The van der Waals surface area contributed by atoms with Gasteiger partial charge in [0.2, 0.25) is 0 Å². The Morgan fingerprint density at radius 3 is 2.58 bits per heavy atom. The molecule has 4 nitrogen and oxygen atoms in total. The number of nitrogens with one attached hydrogen (secondary N) is 1. The molecular formula is C13H13FN2O2S. The maximum Gasteiger partial charge on any atom is 0.405 e. The highest BCUT2D eigenvalue weighted by molar-refractivity contribution is 7.06. The molecule has 0 aliphatic rings. The first-order chi connectivity index (χ1) is 8.88. The lowest BCUT2D eigenvalue weighted by Crippen LogP contribution is -2.39. The fraction of sp³-hybridized carbons (Fsp3) is 0.231. The van der Waals surface area contributed by atoms with Crippen molar-refractivity contribution in [2.24, 2.45) is 0 Å². The van der Waals surface area contributed by atoms with Crippen molar-refractivity contribution in [2.75, 3.05) is 0 Å². The van der Waals surface area contributed by atoms with Gasteiger partial charge in [0.25, 0.3) is 0 Å². The van der Waals surface area contributed by atoms with Crippen molar-refractivity contribution in [1.82, 2.24) is 9.69 Å². The molecule has 0 spiro atoms. The molecule has 1 aromatic carbocycles. The minimum absolute atomic E-state index is 0.299. The van der Waals surface area contributed by atoms with Gasteiger partial charge < -0.3 is 10.4 Å². The second-order valence-corrected chi connectivity index (χ2v) is 5.44. The zero-order valence-corrected chi connectivity index (χ0v) is 11.3. The number of carboxylic acid groups (broad SMARTS) is 1. The number of nitrogens with zero attached hydrogens (tertiary/aromatic N) is 1.